The van der Waals surface area contributed by atoms with Crippen molar-refractivity contribution in [3.05, 3.63) is 0 Å². The lowest BCUT2D eigenvalue weighted by Gasteiger charge is -2.34. The maximum absolute atomic E-state index is 11.5. The molecule has 0 spiro atoms. The van der Waals surface area contributed by atoms with Gasteiger partial charge >= 0.3 is 5.97 Å². The number of ether oxygens (including phenoxy) is 1. The highest BCUT2D eigenvalue weighted by atomic mass is 16.6. The van der Waals surface area contributed by atoms with E-state index in [0.717, 1.165) is 12.1 Å². The van der Waals surface area contributed by atoms with Crippen molar-refractivity contribution < 1.29 is 19.5 Å². The van der Waals surface area contributed by atoms with Crippen molar-refractivity contribution in [3.8, 4) is 0 Å². The standard InChI is InChI=1S/C13H21NO4/c1-9(2)11-7-10(18-14-11)8-13(12(15)16)3-5-17-6-4-13/h9-10H,3-8H2,1-2H3,(H,15,16). The number of hydrogen-bond acceptors (Lipinski definition) is 4. The van der Waals surface area contributed by atoms with Crippen LogP contribution in [-0.4, -0.2) is 36.1 Å². The largest absolute Gasteiger partial charge is 0.481 e. The molecule has 1 fully saturated rings. The van der Waals surface area contributed by atoms with Gasteiger partial charge in [-0.1, -0.05) is 19.0 Å². The zero-order valence-electron chi connectivity index (χ0n) is 11.0. The fourth-order valence-electron chi connectivity index (χ4n) is 2.60. The Kier molecular flexibility index (Phi) is 3.90. The fourth-order valence-corrected chi connectivity index (χ4v) is 2.60. The molecule has 0 aliphatic carbocycles. The third kappa shape index (κ3) is 2.66. The fraction of sp³-hybridized carbons (Fsp3) is 0.846. The number of hydrogen-bond donors (Lipinski definition) is 1. The third-order valence-electron chi connectivity index (χ3n) is 3.94. The average Bonchev–Trinajstić information content (AvgIpc) is 2.78. The molecule has 0 aromatic heterocycles. The monoisotopic (exact) mass is 255 g/mol. The molecule has 0 amide bonds. The Morgan fingerprint density at radius 2 is 2.17 bits per heavy atom. The molecule has 2 aliphatic heterocycles. The molecular formula is C13H21NO4. The topological polar surface area (TPSA) is 68.1 Å². The lowest BCUT2D eigenvalue weighted by molar-refractivity contribution is -0.158. The van der Waals surface area contributed by atoms with Crippen LogP contribution in [0.1, 0.15) is 39.5 Å². The number of nitrogens with zero attached hydrogens (tertiary/aromatic N) is 1. The molecule has 2 heterocycles. The molecule has 2 aliphatic rings. The predicted molar refractivity (Wildman–Crippen MR) is 66.5 cm³/mol. The van der Waals surface area contributed by atoms with Gasteiger partial charge in [-0.25, -0.2) is 0 Å². The van der Waals surface area contributed by atoms with E-state index in [1.165, 1.54) is 0 Å². The van der Waals surface area contributed by atoms with Gasteiger partial charge in [-0.2, -0.15) is 0 Å². The van der Waals surface area contributed by atoms with Crippen LogP contribution in [0.4, 0.5) is 0 Å². The molecule has 5 nitrogen and oxygen atoms in total. The minimum Gasteiger partial charge on any atom is -0.481 e. The highest BCUT2D eigenvalue weighted by molar-refractivity contribution is 5.87. The van der Waals surface area contributed by atoms with Crippen LogP contribution >= 0.6 is 0 Å². The molecule has 0 saturated carbocycles. The number of rotatable bonds is 4. The normalized spacial score (nSPS) is 26.8. The van der Waals surface area contributed by atoms with Crippen molar-refractivity contribution in [1.82, 2.24) is 0 Å². The lowest BCUT2D eigenvalue weighted by Crippen LogP contribution is -2.40. The molecule has 1 N–H and O–H groups in total. The highest BCUT2D eigenvalue weighted by Gasteiger charge is 2.43. The van der Waals surface area contributed by atoms with E-state index in [9.17, 15) is 9.90 Å². The number of carbonyl (C=O) groups is 1. The summed E-state index contributed by atoms with van der Waals surface area (Å²) in [6.45, 7) is 5.20. The minimum absolute atomic E-state index is 0.0865. The maximum Gasteiger partial charge on any atom is 0.309 e. The zero-order chi connectivity index (χ0) is 13.2. The van der Waals surface area contributed by atoms with E-state index >= 15 is 0 Å². The van der Waals surface area contributed by atoms with Crippen LogP contribution in [0.25, 0.3) is 0 Å². The van der Waals surface area contributed by atoms with Crippen LogP contribution in [0, 0.1) is 11.3 Å². The highest BCUT2D eigenvalue weighted by Crippen LogP contribution is 2.38. The van der Waals surface area contributed by atoms with Crippen LogP contribution in [0.5, 0.6) is 0 Å². The van der Waals surface area contributed by atoms with E-state index in [4.69, 9.17) is 9.57 Å². The quantitative estimate of drug-likeness (QED) is 0.835. The first kappa shape index (κ1) is 13.3. The summed E-state index contributed by atoms with van der Waals surface area (Å²) >= 11 is 0. The van der Waals surface area contributed by atoms with Gasteiger partial charge in [0.1, 0.15) is 6.10 Å². The molecule has 5 heteroatoms. The van der Waals surface area contributed by atoms with Crippen molar-refractivity contribution >= 4 is 11.7 Å². The molecule has 0 aromatic rings. The second kappa shape index (κ2) is 5.26. The second-order valence-electron chi connectivity index (χ2n) is 5.57. The summed E-state index contributed by atoms with van der Waals surface area (Å²) in [5.41, 5.74) is 0.345. The molecule has 2 rings (SSSR count). The smallest absolute Gasteiger partial charge is 0.309 e. The van der Waals surface area contributed by atoms with Gasteiger partial charge in [-0.15, -0.1) is 0 Å². The lowest BCUT2D eigenvalue weighted by atomic mass is 9.75. The molecule has 18 heavy (non-hydrogen) atoms. The van der Waals surface area contributed by atoms with E-state index in [-0.39, 0.29) is 6.10 Å². The number of carboxylic acid groups (broad SMARTS) is 1. The summed E-state index contributed by atoms with van der Waals surface area (Å²) in [7, 11) is 0. The van der Waals surface area contributed by atoms with Gasteiger partial charge in [0.2, 0.25) is 0 Å². The Labute approximate surface area is 107 Å². The van der Waals surface area contributed by atoms with Gasteiger partial charge in [0.25, 0.3) is 0 Å². The Hall–Kier alpha value is -1.10. The average molecular weight is 255 g/mol. The molecule has 0 radical (unpaired) electrons. The molecule has 0 bridgehead atoms. The number of oxime groups is 1. The van der Waals surface area contributed by atoms with Gasteiger partial charge in [-0.05, 0) is 18.8 Å². The van der Waals surface area contributed by atoms with Gasteiger partial charge in [0.05, 0.1) is 11.1 Å². The first-order chi connectivity index (χ1) is 8.53. The second-order valence-corrected chi connectivity index (χ2v) is 5.57. The first-order valence-electron chi connectivity index (χ1n) is 6.57. The maximum atomic E-state index is 11.5. The predicted octanol–water partition coefficient (Wildman–Crippen LogP) is 2.06. The summed E-state index contributed by atoms with van der Waals surface area (Å²) in [6, 6.07) is 0. The van der Waals surface area contributed by atoms with Crippen molar-refractivity contribution in [2.24, 2.45) is 16.5 Å². The molecule has 1 saturated heterocycles. The van der Waals surface area contributed by atoms with Crippen LogP contribution < -0.4 is 0 Å². The van der Waals surface area contributed by atoms with E-state index in [2.05, 4.69) is 19.0 Å². The Morgan fingerprint density at radius 1 is 1.50 bits per heavy atom. The van der Waals surface area contributed by atoms with Gasteiger partial charge in [-0.3, -0.25) is 4.79 Å². The summed E-state index contributed by atoms with van der Waals surface area (Å²) in [5, 5.41) is 13.5. The molecule has 102 valence electrons. The van der Waals surface area contributed by atoms with Crippen LogP contribution in [0.2, 0.25) is 0 Å². The van der Waals surface area contributed by atoms with Crippen LogP contribution in [-0.2, 0) is 14.4 Å². The van der Waals surface area contributed by atoms with E-state index in [1.54, 1.807) is 0 Å². The Balaban J connectivity index is 1.97. The minimum atomic E-state index is -0.729. The molecule has 1 atom stereocenters. The van der Waals surface area contributed by atoms with E-state index < -0.39 is 11.4 Å². The van der Waals surface area contributed by atoms with Gasteiger partial charge in [0.15, 0.2) is 0 Å². The zero-order valence-corrected chi connectivity index (χ0v) is 11.0. The van der Waals surface area contributed by atoms with E-state index in [0.29, 0.717) is 38.4 Å². The van der Waals surface area contributed by atoms with Crippen molar-refractivity contribution in [2.75, 3.05) is 13.2 Å². The van der Waals surface area contributed by atoms with Crippen molar-refractivity contribution in [1.29, 1.82) is 0 Å². The van der Waals surface area contributed by atoms with Crippen LogP contribution in [0.3, 0.4) is 0 Å². The number of carboxylic acids is 1. The molecule has 0 aromatic carbocycles. The summed E-state index contributed by atoms with van der Waals surface area (Å²) < 4.78 is 5.27. The Morgan fingerprint density at radius 3 is 2.67 bits per heavy atom. The van der Waals surface area contributed by atoms with Crippen molar-refractivity contribution in [3.63, 3.8) is 0 Å². The summed E-state index contributed by atoms with van der Waals surface area (Å²) in [4.78, 5) is 16.9. The van der Waals surface area contributed by atoms with E-state index in [1.807, 2.05) is 0 Å². The Bertz CT molecular complexity index is 345. The van der Waals surface area contributed by atoms with Gasteiger partial charge < -0.3 is 14.7 Å². The summed E-state index contributed by atoms with van der Waals surface area (Å²) in [5.74, 6) is -0.363. The van der Waals surface area contributed by atoms with Crippen molar-refractivity contribution in [2.45, 2.75) is 45.6 Å². The molecule has 1 unspecified atom stereocenters. The SMILES string of the molecule is CC(C)C1=NOC(CC2(C(=O)O)CCOCC2)C1. The molecular weight excluding hydrogens is 234 g/mol. The third-order valence-corrected chi connectivity index (χ3v) is 3.94. The van der Waals surface area contributed by atoms with Gasteiger partial charge in [0, 0.05) is 26.1 Å². The summed E-state index contributed by atoms with van der Waals surface area (Å²) in [6.07, 6.45) is 2.34. The first-order valence-corrected chi connectivity index (χ1v) is 6.57. The number of aliphatic carboxylic acids is 1. The van der Waals surface area contributed by atoms with Crippen LogP contribution in [0.15, 0.2) is 5.16 Å².